The van der Waals surface area contributed by atoms with Gasteiger partial charge >= 0.3 is 0 Å². The average molecular weight is 289 g/mol. The smallest absolute Gasteiger partial charge is 0.162 e. The zero-order valence-corrected chi connectivity index (χ0v) is 11.8. The number of hydrogen-bond donors (Lipinski definition) is 2. The van der Waals surface area contributed by atoms with E-state index in [0.29, 0.717) is 17.2 Å². The van der Waals surface area contributed by atoms with Crippen LogP contribution in [0, 0.1) is 0 Å². The van der Waals surface area contributed by atoms with Gasteiger partial charge in [-0.2, -0.15) is 0 Å². The Bertz CT molecular complexity index is 515. The number of sulfone groups is 1. The minimum Gasteiger partial charge on any atom is -0.493 e. The highest BCUT2D eigenvalue weighted by Gasteiger charge is 2.16. The quantitative estimate of drug-likeness (QED) is 0.707. The van der Waals surface area contributed by atoms with Gasteiger partial charge < -0.3 is 20.3 Å². The summed E-state index contributed by atoms with van der Waals surface area (Å²) in [6.07, 6.45) is -1.08. The molecule has 0 saturated heterocycles. The number of benzene rings is 1. The predicted molar refractivity (Wildman–Crippen MR) is 73.2 cm³/mol. The number of nitrogens with two attached hydrogens (primary N) is 1. The minimum absolute atomic E-state index is 0.00471. The summed E-state index contributed by atoms with van der Waals surface area (Å²) in [4.78, 5) is 0. The summed E-state index contributed by atoms with van der Waals surface area (Å²) in [5.41, 5.74) is 6.12. The SMILES string of the molecule is CCS(=O)(=O)C[C@@H](O)COc1ccc(N)cc1OC. The molecule has 0 saturated carbocycles. The molecule has 3 N–H and O–H groups in total. The number of aliphatic hydroxyl groups excluding tert-OH is 1. The summed E-state index contributed by atoms with van der Waals surface area (Å²) in [5.74, 6) is 0.519. The summed E-state index contributed by atoms with van der Waals surface area (Å²) < 4.78 is 33.1. The van der Waals surface area contributed by atoms with Crippen molar-refractivity contribution in [1.29, 1.82) is 0 Å². The van der Waals surface area contributed by atoms with Gasteiger partial charge in [-0.05, 0) is 12.1 Å². The molecule has 1 aromatic carbocycles. The van der Waals surface area contributed by atoms with Crippen LogP contribution in [-0.4, -0.2) is 44.9 Å². The maximum absolute atomic E-state index is 11.3. The first-order valence-corrected chi connectivity index (χ1v) is 7.65. The lowest BCUT2D eigenvalue weighted by Gasteiger charge is -2.14. The second-order valence-electron chi connectivity index (χ2n) is 4.07. The fourth-order valence-corrected chi connectivity index (χ4v) is 2.37. The molecular formula is C12H19NO5S. The molecule has 0 fully saturated rings. The van der Waals surface area contributed by atoms with Crippen molar-refractivity contribution in [1.82, 2.24) is 0 Å². The van der Waals surface area contributed by atoms with Crippen LogP contribution >= 0.6 is 0 Å². The number of methoxy groups -OCH3 is 1. The monoisotopic (exact) mass is 289 g/mol. The Morgan fingerprint density at radius 2 is 2.05 bits per heavy atom. The molecule has 19 heavy (non-hydrogen) atoms. The molecule has 0 aliphatic carbocycles. The molecule has 0 radical (unpaired) electrons. The van der Waals surface area contributed by atoms with E-state index in [9.17, 15) is 13.5 Å². The number of rotatable bonds is 7. The van der Waals surface area contributed by atoms with E-state index in [1.807, 2.05) is 0 Å². The fraction of sp³-hybridized carbons (Fsp3) is 0.500. The van der Waals surface area contributed by atoms with Gasteiger partial charge in [-0.25, -0.2) is 8.42 Å². The molecule has 6 nitrogen and oxygen atoms in total. The fourth-order valence-electron chi connectivity index (χ4n) is 1.45. The largest absolute Gasteiger partial charge is 0.493 e. The van der Waals surface area contributed by atoms with Gasteiger partial charge in [-0.1, -0.05) is 6.92 Å². The molecule has 0 amide bonds. The summed E-state index contributed by atoms with van der Waals surface area (Å²) in [6.45, 7) is 1.41. The Kier molecular flexibility index (Phi) is 5.44. The molecule has 0 aliphatic rings. The van der Waals surface area contributed by atoms with Crippen LogP contribution in [0.4, 0.5) is 5.69 Å². The van der Waals surface area contributed by atoms with Gasteiger partial charge in [0.2, 0.25) is 0 Å². The van der Waals surface area contributed by atoms with Gasteiger partial charge in [-0.3, -0.25) is 0 Å². The van der Waals surface area contributed by atoms with Crippen LogP contribution in [0.2, 0.25) is 0 Å². The zero-order chi connectivity index (χ0) is 14.5. The van der Waals surface area contributed by atoms with E-state index in [0.717, 1.165) is 0 Å². The maximum atomic E-state index is 11.3. The second-order valence-corrected chi connectivity index (χ2v) is 6.47. The Labute approximate surface area is 113 Å². The lowest BCUT2D eigenvalue weighted by Crippen LogP contribution is -2.28. The first kappa shape index (κ1) is 15.6. The molecule has 1 atom stereocenters. The number of hydrogen-bond acceptors (Lipinski definition) is 6. The third-order valence-electron chi connectivity index (χ3n) is 2.51. The Hall–Kier alpha value is -1.47. The lowest BCUT2D eigenvalue weighted by molar-refractivity contribution is 0.123. The van der Waals surface area contributed by atoms with Crippen LogP contribution in [0.1, 0.15) is 6.92 Å². The maximum Gasteiger partial charge on any atom is 0.162 e. The van der Waals surface area contributed by atoms with Crippen LogP contribution in [-0.2, 0) is 9.84 Å². The Morgan fingerprint density at radius 3 is 2.63 bits per heavy atom. The molecule has 0 spiro atoms. The molecule has 0 unspecified atom stereocenters. The van der Waals surface area contributed by atoms with Crippen LogP contribution in [0.25, 0.3) is 0 Å². The number of nitrogen functional groups attached to an aromatic ring is 1. The summed E-state index contributed by atoms with van der Waals surface area (Å²) >= 11 is 0. The zero-order valence-electron chi connectivity index (χ0n) is 11.0. The van der Waals surface area contributed by atoms with Gasteiger partial charge in [-0.15, -0.1) is 0 Å². The molecule has 0 heterocycles. The van der Waals surface area contributed by atoms with E-state index in [-0.39, 0.29) is 18.1 Å². The molecule has 7 heteroatoms. The molecular weight excluding hydrogens is 270 g/mol. The van der Waals surface area contributed by atoms with Gasteiger partial charge in [0.05, 0.1) is 12.9 Å². The Morgan fingerprint density at radius 1 is 1.37 bits per heavy atom. The van der Waals surface area contributed by atoms with Crippen molar-refractivity contribution in [2.45, 2.75) is 13.0 Å². The van der Waals surface area contributed by atoms with E-state index in [2.05, 4.69) is 0 Å². The van der Waals surface area contributed by atoms with Crippen LogP contribution in [0.5, 0.6) is 11.5 Å². The highest BCUT2D eigenvalue weighted by atomic mass is 32.2. The standard InChI is InChI=1S/C12H19NO5S/c1-3-19(15,16)8-10(14)7-18-11-5-4-9(13)6-12(11)17-2/h4-6,10,14H,3,7-8,13H2,1-2H3/t10-/m0/s1. The first-order chi connectivity index (χ1) is 8.88. The lowest BCUT2D eigenvalue weighted by atomic mass is 10.3. The Balaban J connectivity index is 2.62. The average Bonchev–Trinajstić information content (AvgIpc) is 2.36. The molecule has 0 bridgehead atoms. The molecule has 0 aliphatic heterocycles. The van der Waals surface area contributed by atoms with Crippen molar-refractivity contribution in [3.8, 4) is 11.5 Å². The van der Waals surface area contributed by atoms with Crippen molar-refractivity contribution < 1.29 is 23.0 Å². The summed E-state index contributed by atoms with van der Waals surface area (Å²) in [5, 5.41) is 9.63. The topological polar surface area (TPSA) is 98.9 Å². The number of anilines is 1. The van der Waals surface area contributed by atoms with E-state index in [1.165, 1.54) is 14.0 Å². The van der Waals surface area contributed by atoms with E-state index < -0.39 is 15.9 Å². The first-order valence-electron chi connectivity index (χ1n) is 5.82. The van der Waals surface area contributed by atoms with Gasteiger partial charge in [0, 0.05) is 17.5 Å². The van der Waals surface area contributed by atoms with Crippen molar-refractivity contribution in [2.24, 2.45) is 0 Å². The van der Waals surface area contributed by atoms with E-state index >= 15 is 0 Å². The van der Waals surface area contributed by atoms with Gasteiger partial charge in [0.1, 0.15) is 12.7 Å². The van der Waals surface area contributed by atoms with Crippen LogP contribution in [0.15, 0.2) is 18.2 Å². The van der Waals surface area contributed by atoms with Crippen LogP contribution < -0.4 is 15.2 Å². The normalized spacial score (nSPS) is 13.0. The highest BCUT2D eigenvalue weighted by molar-refractivity contribution is 7.91. The van der Waals surface area contributed by atoms with Crippen molar-refractivity contribution in [3.63, 3.8) is 0 Å². The van der Waals surface area contributed by atoms with Crippen molar-refractivity contribution >= 4 is 15.5 Å². The number of ether oxygens (including phenoxy) is 2. The molecule has 1 aromatic rings. The van der Waals surface area contributed by atoms with Crippen molar-refractivity contribution in [2.75, 3.05) is 31.0 Å². The molecule has 1 rings (SSSR count). The second kappa shape index (κ2) is 6.63. The minimum atomic E-state index is -3.23. The van der Waals surface area contributed by atoms with Crippen molar-refractivity contribution in [3.05, 3.63) is 18.2 Å². The highest BCUT2D eigenvalue weighted by Crippen LogP contribution is 2.29. The van der Waals surface area contributed by atoms with E-state index in [1.54, 1.807) is 18.2 Å². The summed E-state index contributed by atoms with van der Waals surface area (Å²) in [6, 6.07) is 4.83. The predicted octanol–water partition coefficient (Wildman–Crippen LogP) is 0.452. The van der Waals surface area contributed by atoms with Crippen LogP contribution in [0.3, 0.4) is 0 Å². The molecule has 108 valence electrons. The third-order valence-corrected chi connectivity index (χ3v) is 4.28. The van der Waals surface area contributed by atoms with Gasteiger partial charge in [0.25, 0.3) is 0 Å². The number of aliphatic hydroxyl groups is 1. The van der Waals surface area contributed by atoms with Gasteiger partial charge in [0.15, 0.2) is 21.3 Å². The third kappa shape index (κ3) is 4.96. The van der Waals surface area contributed by atoms with E-state index in [4.69, 9.17) is 15.2 Å². The molecule has 0 aromatic heterocycles. The summed E-state index contributed by atoms with van der Waals surface area (Å²) in [7, 11) is -1.75.